The van der Waals surface area contributed by atoms with Gasteiger partial charge in [0, 0.05) is 12.8 Å². The van der Waals surface area contributed by atoms with Crippen LogP contribution in [-0.4, -0.2) is 11.6 Å². The summed E-state index contributed by atoms with van der Waals surface area (Å²) in [5.41, 5.74) is 0. The molecule has 1 saturated carbocycles. The van der Waals surface area contributed by atoms with Crippen LogP contribution in [0.4, 0.5) is 0 Å². The van der Waals surface area contributed by atoms with Gasteiger partial charge < -0.3 is 4.79 Å². The molecule has 2 heteroatoms. The second-order valence-electron chi connectivity index (χ2n) is 3.36. The molecule has 2 nitrogen and oxygen atoms in total. The van der Waals surface area contributed by atoms with Crippen LogP contribution in [0, 0.1) is 5.92 Å². The molecule has 0 atom stereocenters. The van der Waals surface area contributed by atoms with Gasteiger partial charge in [-0.1, -0.05) is 6.08 Å². The Kier molecular flexibility index (Phi) is 3.20. The number of ketones is 2. The molecular formula is C10H14O2. The Morgan fingerprint density at radius 3 is 2.50 bits per heavy atom. The van der Waals surface area contributed by atoms with Gasteiger partial charge in [-0.2, -0.15) is 0 Å². The van der Waals surface area contributed by atoms with Gasteiger partial charge in [-0.3, -0.25) is 4.79 Å². The zero-order valence-corrected chi connectivity index (χ0v) is 7.38. The molecule has 0 aromatic heterocycles. The highest BCUT2D eigenvalue weighted by Crippen LogP contribution is 2.29. The molecule has 1 aliphatic carbocycles. The zero-order valence-electron chi connectivity index (χ0n) is 7.38. The van der Waals surface area contributed by atoms with Crippen molar-refractivity contribution in [3.05, 3.63) is 12.2 Å². The number of carbonyl (C=O) groups excluding carboxylic acids is 2. The Balaban J connectivity index is 2.14. The van der Waals surface area contributed by atoms with Crippen molar-refractivity contribution in [3.63, 3.8) is 0 Å². The Hall–Kier alpha value is -0.920. The van der Waals surface area contributed by atoms with E-state index in [4.69, 9.17) is 0 Å². The van der Waals surface area contributed by atoms with Gasteiger partial charge in [-0.25, -0.2) is 0 Å². The third-order valence-electron chi connectivity index (χ3n) is 1.90. The summed E-state index contributed by atoms with van der Waals surface area (Å²) in [4.78, 5) is 21.6. The summed E-state index contributed by atoms with van der Waals surface area (Å²) in [6.07, 6.45) is 6.78. The minimum atomic E-state index is 0.0806. The Bertz CT molecular complexity index is 212. The largest absolute Gasteiger partial charge is 0.300 e. The van der Waals surface area contributed by atoms with E-state index in [1.165, 1.54) is 19.8 Å². The smallest absolute Gasteiger partial charge is 0.155 e. The molecule has 0 bridgehead atoms. The van der Waals surface area contributed by atoms with Crippen LogP contribution >= 0.6 is 0 Å². The average molecular weight is 166 g/mol. The third kappa shape index (κ3) is 4.06. The Morgan fingerprint density at radius 2 is 2.00 bits per heavy atom. The molecule has 0 radical (unpaired) electrons. The molecule has 12 heavy (non-hydrogen) atoms. The summed E-state index contributed by atoms with van der Waals surface area (Å²) in [6, 6.07) is 0. The zero-order chi connectivity index (χ0) is 8.97. The van der Waals surface area contributed by atoms with E-state index in [1.807, 2.05) is 6.08 Å². The van der Waals surface area contributed by atoms with Gasteiger partial charge in [0.2, 0.25) is 0 Å². The van der Waals surface area contributed by atoms with Gasteiger partial charge in [-0.05, 0) is 31.8 Å². The predicted molar refractivity (Wildman–Crippen MR) is 46.8 cm³/mol. The van der Waals surface area contributed by atoms with E-state index < -0.39 is 0 Å². The lowest BCUT2D eigenvalue weighted by molar-refractivity contribution is -0.120. The predicted octanol–water partition coefficient (Wildman–Crippen LogP) is 1.89. The fourth-order valence-corrected chi connectivity index (χ4v) is 0.915. The van der Waals surface area contributed by atoms with Gasteiger partial charge in [0.15, 0.2) is 5.78 Å². The number of carbonyl (C=O) groups is 2. The van der Waals surface area contributed by atoms with Crippen LogP contribution in [0.3, 0.4) is 0 Å². The summed E-state index contributed by atoms with van der Waals surface area (Å²) in [6.45, 7) is 1.51. The molecule has 0 unspecified atom stereocenters. The number of allylic oxidation sites excluding steroid dienone is 2. The fourth-order valence-electron chi connectivity index (χ4n) is 0.915. The highest BCUT2D eigenvalue weighted by Gasteiger charge is 2.17. The Morgan fingerprint density at radius 1 is 1.33 bits per heavy atom. The van der Waals surface area contributed by atoms with E-state index in [9.17, 15) is 9.59 Å². The second-order valence-corrected chi connectivity index (χ2v) is 3.36. The van der Waals surface area contributed by atoms with E-state index in [0.29, 0.717) is 18.8 Å². The normalized spacial score (nSPS) is 16.8. The van der Waals surface area contributed by atoms with Crippen molar-refractivity contribution in [2.75, 3.05) is 0 Å². The van der Waals surface area contributed by atoms with Crippen LogP contribution in [0.1, 0.15) is 32.6 Å². The van der Waals surface area contributed by atoms with Gasteiger partial charge in [0.1, 0.15) is 5.78 Å². The van der Waals surface area contributed by atoms with Gasteiger partial charge in [-0.15, -0.1) is 0 Å². The van der Waals surface area contributed by atoms with Crippen LogP contribution in [0.15, 0.2) is 12.2 Å². The fraction of sp³-hybridized carbons (Fsp3) is 0.600. The van der Waals surface area contributed by atoms with Gasteiger partial charge in [0.05, 0.1) is 0 Å². The van der Waals surface area contributed by atoms with E-state index >= 15 is 0 Å². The highest BCUT2D eigenvalue weighted by molar-refractivity contribution is 5.92. The molecule has 0 amide bonds. The maximum Gasteiger partial charge on any atom is 0.155 e. The standard InChI is InChI=1S/C10H14O2/c1-8(11)2-6-10(12)7-5-9-3-4-9/h5,7,9H,2-4,6H2,1H3. The molecule has 66 valence electrons. The SMILES string of the molecule is CC(=O)CCC(=O)C=CC1CC1. The van der Waals surface area contributed by atoms with Crippen LogP contribution in [0.25, 0.3) is 0 Å². The number of rotatable bonds is 5. The molecule has 1 rings (SSSR count). The molecule has 1 aliphatic rings. The first-order chi connectivity index (χ1) is 5.68. The minimum Gasteiger partial charge on any atom is -0.300 e. The molecule has 0 aliphatic heterocycles. The number of Topliss-reactive ketones (excluding diaryl/α,β-unsaturated/α-hetero) is 1. The van der Waals surface area contributed by atoms with Crippen molar-refractivity contribution < 1.29 is 9.59 Å². The maximum absolute atomic E-state index is 11.0. The lowest BCUT2D eigenvalue weighted by Gasteiger charge is -1.90. The molecule has 0 saturated heterocycles. The summed E-state index contributed by atoms with van der Waals surface area (Å²) < 4.78 is 0. The highest BCUT2D eigenvalue weighted by atomic mass is 16.1. The maximum atomic E-state index is 11.0. The van der Waals surface area contributed by atoms with Crippen LogP contribution in [-0.2, 0) is 9.59 Å². The first kappa shape index (κ1) is 9.17. The van der Waals surface area contributed by atoms with E-state index in [0.717, 1.165) is 0 Å². The van der Waals surface area contributed by atoms with Crippen molar-refractivity contribution in [1.29, 1.82) is 0 Å². The Labute approximate surface area is 72.7 Å². The quantitative estimate of drug-likeness (QED) is 0.584. The van der Waals surface area contributed by atoms with E-state index in [-0.39, 0.29) is 11.6 Å². The van der Waals surface area contributed by atoms with Crippen molar-refractivity contribution in [1.82, 2.24) is 0 Å². The lowest BCUT2D eigenvalue weighted by Crippen LogP contribution is -1.97. The molecule has 1 fully saturated rings. The summed E-state index contributed by atoms with van der Waals surface area (Å²) in [7, 11) is 0. The summed E-state index contributed by atoms with van der Waals surface area (Å²) in [5.74, 6) is 0.812. The molecule has 0 spiro atoms. The van der Waals surface area contributed by atoms with Crippen molar-refractivity contribution in [2.45, 2.75) is 32.6 Å². The molecular weight excluding hydrogens is 152 g/mol. The topological polar surface area (TPSA) is 34.1 Å². The molecule has 0 heterocycles. The third-order valence-corrected chi connectivity index (χ3v) is 1.90. The first-order valence-electron chi connectivity index (χ1n) is 4.39. The summed E-state index contributed by atoms with van der Waals surface area (Å²) >= 11 is 0. The average Bonchev–Trinajstić information content (AvgIpc) is 2.80. The second kappa shape index (κ2) is 4.19. The van der Waals surface area contributed by atoms with Crippen LogP contribution in [0.2, 0.25) is 0 Å². The number of hydrogen-bond donors (Lipinski definition) is 0. The van der Waals surface area contributed by atoms with Gasteiger partial charge in [0.25, 0.3) is 0 Å². The molecule has 0 aromatic rings. The monoisotopic (exact) mass is 166 g/mol. The van der Waals surface area contributed by atoms with E-state index in [2.05, 4.69) is 0 Å². The van der Waals surface area contributed by atoms with Crippen molar-refractivity contribution in [2.24, 2.45) is 5.92 Å². The van der Waals surface area contributed by atoms with Crippen LogP contribution in [0.5, 0.6) is 0 Å². The van der Waals surface area contributed by atoms with Gasteiger partial charge >= 0.3 is 0 Å². The number of hydrogen-bond acceptors (Lipinski definition) is 2. The first-order valence-corrected chi connectivity index (χ1v) is 4.39. The van der Waals surface area contributed by atoms with E-state index in [1.54, 1.807) is 6.08 Å². The van der Waals surface area contributed by atoms with Crippen LogP contribution < -0.4 is 0 Å². The van der Waals surface area contributed by atoms with Crippen molar-refractivity contribution in [3.8, 4) is 0 Å². The lowest BCUT2D eigenvalue weighted by atomic mass is 10.1. The molecule has 0 N–H and O–H groups in total. The minimum absolute atomic E-state index is 0.0806. The molecule has 0 aromatic carbocycles. The summed E-state index contributed by atoms with van der Waals surface area (Å²) in [5, 5.41) is 0. The van der Waals surface area contributed by atoms with Crippen molar-refractivity contribution >= 4 is 11.6 Å².